The van der Waals surface area contributed by atoms with Crippen molar-refractivity contribution in [2.24, 2.45) is 0 Å². The van der Waals surface area contributed by atoms with E-state index in [0.29, 0.717) is 17.7 Å². The van der Waals surface area contributed by atoms with E-state index >= 15 is 0 Å². The standard InChI is InChI=1S/C22H27ClFNO4S/c1-15-6-7-22(16(2)10-15)29-13-18(26)11-25(17-8-9-30(27,28)14-17)12-19-20(23)4-3-5-21(19)24/h3-7,10,17-18,26H,8-9,11-14H2,1-2H3. The third-order valence-corrected chi connectivity index (χ3v) is 7.46. The lowest BCUT2D eigenvalue weighted by molar-refractivity contribution is 0.0518. The second kappa shape index (κ2) is 9.64. The van der Waals surface area contributed by atoms with Gasteiger partial charge in [-0.2, -0.15) is 0 Å². The van der Waals surface area contributed by atoms with E-state index in [1.807, 2.05) is 32.0 Å². The molecule has 30 heavy (non-hydrogen) atoms. The first-order chi connectivity index (χ1) is 14.1. The van der Waals surface area contributed by atoms with Crippen molar-refractivity contribution in [3.63, 3.8) is 0 Å². The fourth-order valence-corrected chi connectivity index (χ4v) is 5.75. The summed E-state index contributed by atoms with van der Waals surface area (Å²) < 4.78 is 44.0. The molecule has 164 valence electrons. The van der Waals surface area contributed by atoms with Crippen LogP contribution < -0.4 is 4.74 Å². The van der Waals surface area contributed by atoms with Crippen LogP contribution in [0.5, 0.6) is 5.75 Å². The van der Waals surface area contributed by atoms with E-state index in [9.17, 15) is 17.9 Å². The van der Waals surface area contributed by atoms with Crippen molar-refractivity contribution in [2.75, 3.05) is 24.7 Å². The molecule has 0 aromatic heterocycles. The van der Waals surface area contributed by atoms with Gasteiger partial charge in [-0.3, -0.25) is 4.90 Å². The van der Waals surface area contributed by atoms with Gasteiger partial charge < -0.3 is 9.84 Å². The minimum atomic E-state index is -3.14. The van der Waals surface area contributed by atoms with E-state index in [2.05, 4.69) is 0 Å². The second-order valence-corrected chi connectivity index (χ2v) is 10.6. The van der Waals surface area contributed by atoms with E-state index < -0.39 is 21.8 Å². The molecule has 1 aliphatic rings. The van der Waals surface area contributed by atoms with Crippen molar-refractivity contribution in [2.45, 2.75) is 39.0 Å². The molecule has 2 aromatic carbocycles. The summed E-state index contributed by atoms with van der Waals surface area (Å²) in [6, 6.07) is 9.94. The number of nitrogens with zero attached hydrogens (tertiary/aromatic N) is 1. The number of aliphatic hydroxyl groups is 1. The number of halogens is 2. The largest absolute Gasteiger partial charge is 0.491 e. The highest BCUT2D eigenvalue weighted by Crippen LogP contribution is 2.26. The molecule has 1 N–H and O–H groups in total. The molecule has 1 heterocycles. The first kappa shape index (κ1) is 23.0. The summed E-state index contributed by atoms with van der Waals surface area (Å²) in [7, 11) is -3.14. The van der Waals surface area contributed by atoms with Crippen LogP contribution in [0.25, 0.3) is 0 Å². The molecule has 0 amide bonds. The summed E-state index contributed by atoms with van der Waals surface area (Å²) in [5.41, 5.74) is 2.39. The Morgan fingerprint density at radius 2 is 2.07 bits per heavy atom. The van der Waals surface area contributed by atoms with E-state index in [-0.39, 0.29) is 42.3 Å². The highest BCUT2D eigenvalue weighted by molar-refractivity contribution is 7.91. The van der Waals surface area contributed by atoms with E-state index in [1.54, 1.807) is 11.0 Å². The topological polar surface area (TPSA) is 66.8 Å². The van der Waals surface area contributed by atoms with Gasteiger partial charge in [0.15, 0.2) is 9.84 Å². The average molecular weight is 456 g/mol. The van der Waals surface area contributed by atoms with Gasteiger partial charge in [-0.05, 0) is 44.0 Å². The lowest BCUT2D eigenvalue weighted by Gasteiger charge is -2.30. The Kier molecular flexibility index (Phi) is 7.39. The molecule has 1 fully saturated rings. The number of hydrogen-bond donors (Lipinski definition) is 1. The molecule has 0 spiro atoms. The zero-order chi connectivity index (χ0) is 21.9. The average Bonchev–Trinajstić information content (AvgIpc) is 3.03. The number of rotatable bonds is 8. The van der Waals surface area contributed by atoms with E-state index in [0.717, 1.165) is 11.1 Å². The number of aryl methyl sites for hydroxylation is 2. The Hall–Kier alpha value is -1.67. The predicted molar refractivity (Wildman–Crippen MR) is 116 cm³/mol. The molecule has 8 heteroatoms. The highest BCUT2D eigenvalue weighted by atomic mass is 35.5. The Balaban J connectivity index is 1.71. The lowest BCUT2D eigenvalue weighted by Crippen LogP contribution is -2.42. The van der Waals surface area contributed by atoms with Crippen molar-refractivity contribution in [3.8, 4) is 5.75 Å². The van der Waals surface area contributed by atoms with Crippen LogP contribution in [-0.4, -0.2) is 55.2 Å². The van der Waals surface area contributed by atoms with Crippen molar-refractivity contribution in [1.29, 1.82) is 0 Å². The molecule has 0 saturated carbocycles. The molecule has 1 aliphatic heterocycles. The highest BCUT2D eigenvalue weighted by Gasteiger charge is 2.33. The zero-order valence-corrected chi connectivity index (χ0v) is 18.7. The number of hydrogen-bond acceptors (Lipinski definition) is 5. The summed E-state index contributed by atoms with van der Waals surface area (Å²) in [6.45, 7) is 4.24. The maximum atomic E-state index is 14.3. The lowest BCUT2D eigenvalue weighted by atomic mass is 10.1. The third-order valence-electron chi connectivity index (χ3n) is 5.35. The smallest absolute Gasteiger partial charge is 0.151 e. The van der Waals surface area contributed by atoms with Gasteiger partial charge >= 0.3 is 0 Å². The number of sulfone groups is 1. The third kappa shape index (κ3) is 5.94. The van der Waals surface area contributed by atoms with E-state index in [1.165, 1.54) is 12.1 Å². The summed E-state index contributed by atoms with van der Waals surface area (Å²) >= 11 is 6.17. The quantitative estimate of drug-likeness (QED) is 0.659. The molecule has 2 atom stereocenters. The summed E-state index contributed by atoms with van der Waals surface area (Å²) in [4.78, 5) is 1.80. The predicted octanol–water partition coefficient (Wildman–Crippen LogP) is 3.52. The van der Waals surface area contributed by atoms with Crippen molar-refractivity contribution < 1.29 is 22.7 Å². The first-order valence-electron chi connectivity index (χ1n) is 9.90. The van der Waals surface area contributed by atoms with E-state index in [4.69, 9.17) is 16.3 Å². The molecule has 0 bridgehead atoms. The molecule has 2 aromatic rings. The maximum absolute atomic E-state index is 14.3. The van der Waals surface area contributed by atoms with Crippen LogP contribution in [0.4, 0.5) is 4.39 Å². The van der Waals surface area contributed by atoms with Crippen LogP contribution >= 0.6 is 11.6 Å². The molecule has 5 nitrogen and oxygen atoms in total. The molecule has 3 rings (SSSR count). The molecular formula is C22H27ClFNO4S. The molecule has 2 unspecified atom stereocenters. The van der Waals surface area contributed by atoms with Gasteiger partial charge in [0.1, 0.15) is 24.3 Å². The van der Waals surface area contributed by atoms with Crippen molar-refractivity contribution >= 4 is 21.4 Å². The van der Waals surface area contributed by atoms with Gasteiger partial charge in [-0.15, -0.1) is 0 Å². The normalized spacial score (nSPS) is 19.2. The Morgan fingerprint density at radius 3 is 2.70 bits per heavy atom. The number of benzene rings is 2. The van der Waals surface area contributed by atoms with Crippen LogP contribution in [0.1, 0.15) is 23.1 Å². The molecule has 0 radical (unpaired) electrons. The Bertz CT molecular complexity index is 978. The van der Waals surface area contributed by atoms with Crippen molar-refractivity contribution in [3.05, 3.63) is 63.9 Å². The van der Waals surface area contributed by atoms with Crippen molar-refractivity contribution in [1.82, 2.24) is 4.90 Å². The summed E-state index contributed by atoms with van der Waals surface area (Å²) in [5, 5.41) is 10.9. The van der Waals surface area contributed by atoms with Crippen LogP contribution in [0.3, 0.4) is 0 Å². The summed E-state index contributed by atoms with van der Waals surface area (Å²) in [5.74, 6) is 0.319. The van der Waals surface area contributed by atoms with Crippen LogP contribution in [-0.2, 0) is 16.4 Å². The Morgan fingerprint density at radius 1 is 1.30 bits per heavy atom. The first-order valence-corrected chi connectivity index (χ1v) is 12.1. The van der Waals surface area contributed by atoms with Crippen LogP contribution in [0.15, 0.2) is 36.4 Å². The second-order valence-electron chi connectivity index (χ2n) is 7.92. The van der Waals surface area contributed by atoms with Gasteiger partial charge in [-0.1, -0.05) is 35.4 Å². The molecule has 1 saturated heterocycles. The van der Waals surface area contributed by atoms with Gasteiger partial charge in [0.25, 0.3) is 0 Å². The van der Waals surface area contributed by atoms with Crippen LogP contribution in [0.2, 0.25) is 5.02 Å². The Labute approximate surface area is 182 Å². The van der Waals surface area contributed by atoms with Gasteiger partial charge in [0.05, 0.1) is 11.5 Å². The molecule has 0 aliphatic carbocycles. The fraction of sp³-hybridized carbons (Fsp3) is 0.455. The zero-order valence-electron chi connectivity index (χ0n) is 17.1. The van der Waals surface area contributed by atoms with Gasteiger partial charge in [-0.25, -0.2) is 12.8 Å². The van der Waals surface area contributed by atoms with Gasteiger partial charge in [0.2, 0.25) is 0 Å². The SMILES string of the molecule is Cc1ccc(OCC(O)CN(Cc2c(F)cccc2Cl)C2CCS(=O)(=O)C2)c(C)c1. The molecular weight excluding hydrogens is 429 g/mol. The fourth-order valence-electron chi connectivity index (χ4n) is 3.76. The summed E-state index contributed by atoms with van der Waals surface area (Å²) in [6.07, 6.45) is -0.432. The van der Waals surface area contributed by atoms with Crippen LogP contribution in [0, 0.1) is 19.7 Å². The number of aliphatic hydroxyl groups excluding tert-OH is 1. The van der Waals surface area contributed by atoms with Gasteiger partial charge in [0, 0.05) is 29.7 Å². The monoisotopic (exact) mass is 455 g/mol. The minimum absolute atomic E-state index is 0.0102. The maximum Gasteiger partial charge on any atom is 0.151 e. The number of ether oxygens (including phenoxy) is 1. The minimum Gasteiger partial charge on any atom is -0.491 e.